The van der Waals surface area contributed by atoms with E-state index in [1.807, 2.05) is 24.3 Å². The lowest BCUT2D eigenvalue weighted by molar-refractivity contribution is -0.151. The van der Waals surface area contributed by atoms with Crippen LogP contribution in [-0.2, 0) is 14.4 Å². The number of carbonyl (C=O) groups excluding carboxylic acids is 2. The molecule has 2 heterocycles. The number of carboxylic acids is 1. The summed E-state index contributed by atoms with van der Waals surface area (Å²) in [4.78, 5) is 40.9. The third-order valence-electron chi connectivity index (χ3n) is 6.25. The Hall–Kier alpha value is -1.89. The number of rotatable bonds is 3. The Morgan fingerprint density at radius 1 is 1.15 bits per heavy atom. The molecule has 3 fully saturated rings. The van der Waals surface area contributed by atoms with Gasteiger partial charge < -0.3 is 14.9 Å². The molecule has 1 aromatic carbocycles. The first-order chi connectivity index (χ1) is 13.0. The van der Waals surface area contributed by atoms with E-state index in [2.05, 4.69) is 15.9 Å². The van der Waals surface area contributed by atoms with Crippen molar-refractivity contribution in [1.29, 1.82) is 0 Å². The molecule has 0 radical (unpaired) electrons. The second-order valence-electron chi connectivity index (χ2n) is 7.80. The molecule has 0 aromatic heterocycles. The van der Waals surface area contributed by atoms with Crippen molar-refractivity contribution < 1.29 is 19.5 Å². The molecule has 27 heavy (non-hydrogen) atoms. The first kappa shape index (κ1) is 18.5. The summed E-state index contributed by atoms with van der Waals surface area (Å²) in [6, 6.07) is 6.71. The number of aliphatic carboxylic acids is 1. The number of fused-ring (bicyclic) bond motifs is 1. The summed E-state index contributed by atoms with van der Waals surface area (Å²) in [5, 5.41) is 9.66. The SMILES string of the molecule is O=C(O)[C@@H]1C[C@@H]2CCCC[C@@H]2N1C(=O)C1CC(=O)N(c2ccccc2Br)C1. The van der Waals surface area contributed by atoms with E-state index < -0.39 is 17.9 Å². The Morgan fingerprint density at radius 2 is 1.89 bits per heavy atom. The van der Waals surface area contributed by atoms with Gasteiger partial charge in [0.1, 0.15) is 6.04 Å². The average molecular weight is 435 g/mol. The van der Waals surface area contributed by atoms with E-state index >= 15 is 0 Å². The van der Waals surface area contributed by atoms with E-state index in [9.17, 15) is 19.5 Å². The van der Waals surface area contributed by atoms with Crippen molar-refractivity contribution in [3.63, 3.8) is 0 Å². The predicted octanol–water partition coefficient (Wildman–Crippen LogP) is 3.05. The standard InChI is InChI=1S/C20H23BrN2O4/c21-14-6-2-4-8-16(14)22-11-13(10-18(22)24)19(25)23-15-7-3-1-5-12(15)9-17(23)20(26)27/h2,4,6,8,12-13,15,17H,1,3,5,7,9-11H2,(H,26,27)/t12-,13?,15-,17-/m0/s1. The summed E-state index contributed by atoms with van der Waals surface area (Å²) in [6.07, 6.45) is 4.68. The van der Waals surface area contributed by atoms with E-state index in [0.29, 0.717) is 13.0 Å². The topological polar surface area (TPSA) is 77.9 Å². The van der Waals surface area contributed by atoms with Crippen LogP contribution in [0.1, 0.15) is 38.5 Å². The first-order valence-electron chi connectivity index (χ1n) is 9.57. The van der Waals surface area contributed by atoms with Crippen LogP contribution in [0.25, 0.3) is 0 Å². The van der Waals surface area contributed by atoms with E-state index in [1.165, 1.54) is 0 Å². The lowest BCUT2D eigenvalue weighted by atomic mass is 9.84. The van der Waals surface area contributed by atoms with Gasteiger partial charge in [0.25, 0.3) is 0 Å². The molecule has 4 rings (SSSR count). The molecule has 6 nitrogen and oxygen atoms in total. The molecular formula is C20H23BrN2O4. The van der Waals surface area contributed by atoms with E-state index in [0.717, 1.165) is 35.8 Å². The highest BCUT2D eigenvalue weighted by atomic mass is 79.9. The third-order valence-corrected chi connectivity index (χ3v) is 6.92. The maximum Gasteiger partial charge on any atom is 0.326 e. The number of hydrogen-bond acceptors (Lipinski definition) is 3. The van der Waals surface area contributed by atoms with Crippen molar-refractivity contribution in [1.82, 2.24) is 4.90 Å². The van der Waals surface area contributed by atoms with Gasteiger partial charge in [0, 0.05) is 23.5 Å². The second kappa shape index (κ2) is 7.26. The van der Waals surface area contributed by atoms with E-state index in [4.69, 9.17) is 0 Å². The van der Waals surface area contributed by atoms with Crippen LogP contribution in [0.3, 0.4) is 0 Å². The van der Waals surface area contributed by atoms with Gasteiger partial charge in [0.05, 0.1) is 11.6 Å². The minimum absolute atomic E-state index is 0.0139. The van der Waals surface area contributed by atoms with Crippen LogP contribution in [-0.4, -0.2) is 46.4 Å². The molecule has 1 unspecified atom stereocenters. The Bertz CT molecular complexity index is 783. The molecule has 2 amide bonds. The van der Waals surface area contributed by atoms with Gasteiger partial charge >= 0.3 is 5.97 Å². The number of hydrogen-bond donors (Lipinski definition) is 1. The van der Waals surface area contributed by atoms with Crippen LogP contribution in [0, 0.1) is 11.8 Å². The molecule has 144 valence electrons. The zero-order valence-corrected chi connectivity index (χ0v) is 16.6. The number of halogens is 1. The van der Waals surface area contributed by atoms with Crippen molar-refractivity contribution >= 4 is 39.4 Å². The summed E-state index contributed by atoms with van der Waals surface area (Å²) < 4.78 is 0.809. The van der Waals surface area contributed by atoms with Crippen molar-refractivity contribution in [2.24, 2.45) is 11.8 Å². The smallest absolute Gasteiger partial charge is 0.326 e. The lowest BCUT2D eigenvalue weighted by Gasteiger charge is -2.34. The lowest BCUT2D eigenvalue weighted by Crippen LogP contribution is -2.49. The second-order valence-corrected chi connectivity index (χ2v) is 8.66. The Labute approximate surface area is 166 Å². The summed E-state index contributed by atoms with van der Waals surface area (Å²) in [5.74, 6) is -1.39. The van der Waals surface area contributed by atoms with Crippen LogP contribution in [0.15, 0.2) is 28.7 Å². The molecule has 2 aliphatic heterocycles. The van der Waals surface area contributed by atoms with Crippen molar-refractivity contribution in [3.05, 3.63) is 28.7 Å². The average Bonchev–Trinajstić information content (AvgIpc) is 3.22. The molecule has 2 saturated heterocycles. The van der Waals surface area contributed by atoms with Crippen LogP contribution in [0.5, 0.6) is 0 Å². The van der Waals surface area contributed by atoms with Crippen LogP contribution >= 0.6 is 15.9 Å². The molecule has 1 N–H and O–H groups in total. The van der Waals surface area contributed by atoms with Crippen molar-refractivity contribution in [2.45, 2.75) is 50.6 Å². The number of carbonyl (C=O) groups is 3. The molecule has 1 saturated carbocycles. The molecule has 4 atom stereocenters. The number of nitrogens with zero attached hydrogens (tertiary/aromatic N) is 2. The predicted molar refractivity (Wildman–Crippen MR) is 103 cm³/mol. The molecule has 0 spiro atoms. The van der Waals surface area contributed by atoms with Gasteiger partial charge in [-0.2, -0.15) is 0 Å². The molecule has 1 aliphatic carbocycles. The molecule has 7 heteroatoms. The van der Waals surface area contributed by atoms with E-state index in [1.54, 1.807) is 9.80 Å². The van der Waals surface area contributed by atoms with Gasteiger partial charge in [0.2, 0.25) is 11.8 Å². The summed E-state index contributed by atoms with van der Waals surface area (Å²) in [5.41, 5.74) is 0.754. The zero-order chi connectivity index (χ0) is 19.1. The largest absolute Gasteiger partial charge is 0.480 e. The minimum Gasteiger partial charge on any atom is -0.480 e. The zero-order valence-electron chi connectivity index (χ0n) is 15.0. The minimum atomic E-state index is -0.926. The van der Waals surface area contributed by atoms with Crippen LogP contribution in [0.2, 0.25) is 0 Å². The number of amides is 2. The molecule has 3 aliphatic rings. The van der Waals surface area contributed by atoms with Crippen molar-refractivity contribution in [3.8, 4) is 0 Å². The monoisotopic (exact) mass is 434 g/mol. The highest BCUT2D eigenvalue weighted by Crippen LogP contribution is 2.41. The fraction of sp³-hybridized carbons (Fsp3) is 0.550. The Balaban J connectivity index is 1.56. The van der Waals surface area contributed by atoms with Gasteiger partial charge in [-0.1, -0.05) is 25.0 Å². The highest BCUT2D eigenvalue weighted by Gasteiger charge is 2.50. The normalized spacial score (nSPS) is 30.5. The maximum absolute atomic E-state index is 13.3. The van der Waals surface area contributed by atoms with Gasteiger partial charge in [-0.05, 0) is 53.2 Å². The summed E-state index contributed by atoms with van der Waals surface area (Å²) >= 11 is 3.46. The van der Waals surface area contributed by atoms with Gasteiger partial charge in [0.15, 0.2) is 0 Å². The van der Waals surface area contributed by atoms with Gasteiger partial charge in [-0.25, -0.2) is 4.79 Å². The molecular weight excluding hydrogens is 412 g/mol. The number of benzene rings is 1. The van der Waals surface area contributed by atoms with Crippen LogP contribution in [0.4, 0.5) is 5.69 Å². The molecule has 0 bridgehead atoms. The number of anilines is 1. The molecule has 1 aromatic rings. The fourth-order valence-electron chi connectivity index (χ4n) is 4.98. The third kappa shape index (κ3) is 3.26. The summed E-state index contributed by atoms with van der Waals surface area (Å²) in [6.45, 7) is 0.306. The first-order valence-corrected chi connectivity index (χ1v) is 10.4. The van der Waals surface area contributed by atoms with Gasteiger partial charge in [-0.3, -0.25) is 9.59 Å². The highest BCUT2D eigenvalue weighted by molar-refractivity contribution is 9.10. The Morgan fingerprint density at radius 3 is 2.63 bits per heavy atom. The van der Waals surface area contributed by atoms with E-state index in [-0.39, 0.29) is 30.2 Å². The quantitative estimate of drug-likeness (QED) is 0.792. The van der Waals surface area contributed by atoms with Gasteiger partial charge in [-0.15, -0.1) is 0 Å². The summed E-state index contributed by atoms with van der Waals surface area (Å²) in [7, 11) is 0. The number of likely N-dealkylation sites (tertiary alicyclic amines) is 1. The maximum atomic E-state index is 13.3. The number of para-hydroxylation sites is 1. The fourth-order valence-corrected chi connectivity index (χ4v) is 5.48. The number of carboxylic acid groups (broad SMARTS) is 1. The van der Waals surface area contributed by atoms with Crippen LogP contribution < -0.4 is 4.90 Å². The Kier molecular flexibility index (Phi) is 4.97. The van der Waals surface area contributed by atoms with Crippen molar-refractivity contribution in [2.75, 3.05) is 11.4 Å².